The maximum atomic E-state index is 12.9. The largest absolute Gasteiger partial charge is 0.469 e. The molecule has 0 bridgehead atoms. The van der Waals surface area contributed by atoms with E-state index in [0.717, 1.165) is 16.7 Å². The van der Waals surface area contributed by atoms with Crippen LogP contribution in [0.25, 0.3) is 0 Å². The highest BCUT2D eigenvalue weighted by atomic mass is 35.5. The first-order chi connectivity index (χ1) is 17.4. The van der Waals surface area contributed by atoms with Gasteiger partial charge in [-0.1, -0.05) is 48.0 Å². The van der Waals surface area contributed by atoms with Crippen molar-refractivity contribution >= 4 is 29.4 Å². The van der Waals surface area contributed by atoms with Crippen molar-refractivity contribution in [1.82, 2.24) is 10.6 Å². The van der Waals surface area contributed by atoms with Gasteiger partial charge >= 0.3 is 5.97 Å². The first kappa shape index (κ1) is 27.6. The topological polar surface area (TPSA) is 123 Å². The van der Waals surface area contributed by atoms with Crippen molar-refractivity contribution in [3.8, 4) is 0 Å². The van der Waals surface area contributed by atoms with Gasteiger partial charge in [0.25, 0.3) is 5.91 Å². The molecule has 0 spiro atoms. The van der Waals surface area contributed by atoms with E-state index in [4.69, 9.17) is 25.8 Å². The zero-order chi connectivity index (χ0) is 25.9. The number of esters is 1. The highest BCUT2D eigenvalue weighted by Gasteiger charge is 2.37. The predicted octanol–water partition coefficient (Wildman–Crippen LogP) is 1.57. The first-order valence-corrected chi connectivity index (χ1v) is 12.1. The molecule has 3 N–H and O–H groups in total. The van der Waals surface area contributed by atoms with Gasteiger partial charge in [-0.05, 0) is 41.7 Å². The van der Waals surface area contributed by atoms with Crippen LogP contribution in [0.3, 0.4) is 0 Å². The fraction of sp³-hybridized carbons (Fsp3) is 0.423. The van der Waals surface area contributed by atoms with Gasteiger partial charge in [0.1, 0.15) is 12.8 Å². The van der Waals surface area contributed by atoms with Crippen molar-refractivity contribution in [2.45, 2.75) is 43.9 Å². The average molecular weight is 519 g/mol. The summed E-state index contributed by atoms with van der Waals surface area (Å²) >= 11 is 5.88. The van der Waals surface area contributed by atoms with Gasteiger partial charge in [-0.3, -0.25) is 14.4 Å². The number of aliphatic hydroxyl groups excluding tert-OH is 1. The molecule has 36 heavy (non-hydrogen) atoms. The molecular formula is C26H31ClN2O7. The molecule has 0 aliphatic carbocycles. The number of hydrogen-bond acceptors (Lipinski definition) is 7. The van der Waals surface area contributed by atoms with Gasteiger partial charge in [0.15, 0.2) is 6.10 Å². The molecule has 1 aliphatic heterocycles. The minimum absolute atomic E-state index is 0.0653. The summed E-state index contributed by atoms with van der Waals surface area (Å²) in [5, 5.41) is 15.6. The quantitative estimate of drug-likeness (QED) is 0.364. The number of benzene rings is 2. The second kappa shape index (κ2) is 13.9. The van der Waals surface area contributed by atoms with E-state index in [2.05, 4.69) is 10.6 Å². The number of ether oxygens (including phenoxy) is 3. The molecule has 0 radical (unpaired) electrons. The molecule has 0 saturated carbocycles. The molecule has 10 heteroatoms. The number of aryl methyl sites for hydroxylation is 1. The number of carbonyl (C=O) groups is 3. The van der Waals surface area contributed by atoms with Gasteiger partial charge in [-0.2, -0.15) is 0 Å². The number of amides is 2. The van der Waals surface area contributed by atoms with E-state index < -0.39 is 36.7 Å². The minimum atomic E-state index is -1.13. The van der Waals surface area contributed by atoms with E-state index in [9.17, 15) is 19.5 Å². The van der Waals surface area contributed by atoms with E-state index in [1.165, 1.54) is 7.11 Å². The number of halogens is 1. The Hall–Kier alpha value is -2.98. The number of methoxy groups -OCH3 is 1. The van der Waals surface area contributed by atoms with Crippen LogP contribution in [0.5, 0.6) is 0 Å². The molecule has 2 aromatic rings. The Bertz CT molecular complexity index is 1030. The Morgan fingerprint density at radius 3 is 2.50 bits per heavy atom. The van der Waals surface area contributed by atoms with Crippen LogP contribution < -0.4 is 10.6 Å². The Morgan fingerprint density at radius 2 is 1.81 bits per heavy atom. The summed E-state index contributed by atoms with van der Waals surface area (Å²) in [6.07, 6.45) is 0.158. The summed E-state index contributed by atoms with van der Waals surface area (Å²) in [7, 11) is 1.35. The van der Waals surface area contributed by atoms with Crippen LogP contribution in [-0.4, -0.2) is 68.2 Å². The fourth-order valence-corrected chi connectivity index (χ4v) is 4.04. The van der Waals surface area contributed by atoms with Crippen molar-refractivity contribution in [3.05, 3.63) is 70.2 Å². The third-order valence-corrected chi connectivity index (χ3v) is 6.19. The van der Waals surface area contributed by atoms with Crippen LogP contribution in [0, 0.1) is 0 Å². The summed E-state index contributed by atoms with van der Waals surface area (Å²) in [5.74, 6) is -1.34. The molecule has 9 nitrogen and oxygen atoms in total. The lowest BCUT2D eigenvalue weighted by molar-refractivity contribution is -0.140. The summed E-state index contributed by atoms with van der Waals surface area (Å²) in [5.41, 5.74) is 2.87. The molecule has 2 aromatic carbocycles. The number of nitrogens with one attached hydrogen (secondary N) is 2. The third kappa shape index (κ3) is 8.03. The smallest absolute Gasteiger partial charge is 0.305 e. The molecule has 1 aliphatic rings. The van der Waals surface area contributed by atoms with Crippen molar-refractivity contribution in [2.24, 2.45) is 0 Å². The van der Waals surface area contributed by atoms with Crippen molar-refractivity contribution < 1.29 is 33.7 Å². The molecule has 2 amide bonds. The average Bonchev–Trinajstić information content (AvgIpc) is 3.35. The lowest BCUT2D eigenvalue weighted by Crippen LogP contribution is -2.53. The molecule has 1 heterocycles. The van der Waals surface area contributed by atoms with Gasteiger partial charge in [-0.25, -0.2) is 0 Å². The lowest BCUT2D eigenvalue weighted by Gasteiger charge is -2.21. The highest BCUT2D eigenvalue weighted by Crippen LogP contribution is 2.21. The van der Waals surface area contributed by atoms with E-state index in [0.29, 0.717) is 30.8 Å². The zero-order valence-corrected chi connectivity index (χ0v) is 20.8. The summed E-state index contributed by atoms with van der Waals surface area (Å²) in [6, 6.07) is 13.7. The van der Waals surface area contributed by atoms with Gasteiger partial charge in [-0.15, -0.1) is 0 Å². The maximum absolute atomic E-state index is 12.9. The molecule has 194 valence electrons. The molecule has 3 atom stereocenters. The van der Waals surface area contributed by atoms with Crippen LogP contribution in [0.1, 0.15) is 23.1 Å². The van der Waals surface area contributed by atoms with Gasteiger partial charge in [0, 0.05) is 24.4 Å². The van der Waals surface area contributed by atoms with Crippen LogP contribution in [-0.2, 0) is 47.9 Å². The van der Waals surface area contributed by atoms with Crippen LogP contribution >= 0.6 is 11.6 Å². The van der Waals surface area contributed by atoms with Crippen molar-refractivity contribution in [2.75, 3.05) is 27.1 Å². The Morgan fingerprint density at radius 1 is 1.08 bits per heavy atom. The molecule has 1 saturated heterocycles. The SMILES string of the molecule is COC(=O)CCc1ccccc1C[C@@H]1OCO[C@H]1C(=O)NC(CO)C(=O)NCCc1ccc(Cl)cc1. The second-order valence-corrected chi connectivity index (χ2v) is 8.81. The van der Waals surface area contributed by atoms with Crippen LogP contribution in [0.4, 0.5) is 0 Å². The normalized spacial score (nSPS) is 17.9. The Kier molecular flexibility index (Phi) is 10.7. The van der Waals surface area contributed by atoms with Crippen molar-refractivity contribution in [3.63, 3.8) is 0 Å². The second-order valence-electron chi connectivity index (χ2n) is 8.37. The molecule has 1 unspecified atom stereocenters. The van der Waals surface area contributed by atoms with Gasteiger partial charge < -0.3 is 30.0 Å². The molecule has 1 fully saturated rings. The van der Waals surface area contributed by atoms with Gasteiger partial charge in [0.2, 0.25) is 5.91 Å². The Labute approximate surface area is 215 Å². The van der Waals surface area contributed by atoms with E-state index in [1.54, 1.807) is 12.1 Å². The highest BCUT2D eigenvalue weighted by molar-refractivity contribution is 6.30. The third-order valence-electron chi connectivity index (χ3n) is 5.93. The number of hydrogen-bond donors (Lipinski definition) is 3. The number of rotatable bonds is 12. The van der Waals surface area contributed by atoms with E-state index >= 15 is 0 Å². The van der Waals surface area contributed by atoms with Gasteiger partial charge in [0.05, 0.1) is 19.8 Å². The molecule has 0 aromatic heterocycles. The molecule has 3 rings (SSSR count). The minimum Gasteiger partial charge on any atom is -0.469 e. The van der Waals surface area contributed by atoms with Crippen molar-refractivity contribution in [1.29, 1.82) is 0 Å². The fourth-order valence-electron chi connectivity index (χ4n) is 3.91. The Balaban J connectivity index is 1.54. The summed E-state index contributed by atoms with van der Waals surface area (Å²) in [6.45, 7) is -0.294. The van der Waals surface area contributed by atoms with Crippen LogP contribution in [0.2, 0.25) is 5.02 Å². The van der Waals surface area contributed by atoms with E-state index in [1.807, 2.05) is 36.4 Å². The number of carbonyl (C=O) groups excluding carboxylic acids is 3. The summed E-state index contributed by atoms with van der Waals surface area (Å²) in [4.78, 5) is 37.0. The molecular weight excluding hydrogens is 488 g/mol. The maximum Gasteiger partial charge on any atom is 0.305 e. The van der Waals surface area contributed by atoms with Crippen LogP contribution in [0.15, 0.2) is 48.5 Å². The first-order valence-electron chi connectivity index (χ1n) is 11.7. The summed E-state index contributed by atoms with van der Waals surface area (Å²) < 4.78 is 15.9. The monoisotopic (exact) mass is 518 g/mol. The standard InChI is InChI=1S/C26H31ClN2O7/c1-34-23(31)11-8-18-4-2-3-5-19(18)14-22-24(36-16-35-22)26(33)29-21(15-30)25(32)28-13-12-17-6-9-20(27)10-7-17/h2-7,9-10,21-22,24,30H,8,11-16H2,1H3,(H,28,32)(H,29,33)/t21?,22-,24+/m0/s1. The van der Waals surface area contributed by atoms with E-state index in [-0.39, 0.29) is 19.2 Å². The zero-order valence-electron chi connectivity index (χ0n) is 20.1. The lowest BCUT2D eigenvalue weighted by atomic mass is 9.96. The predicted molar refractivity (Wildman–Crippen MR) is 132 cm³/mol. The number of aliphatic hydroxyl groups is 1.